The summed E-state index contributed by atoms with van der Waals surface area (Å²) in [6, 6.07) is 2.26. The molecule has 5 aliphatic rings. The number of hydrogen-bond acceptors (Lipinski definition) is 4. The van der Waals surface area contributed by atoms with Gasteiger partial charge in [-0.25, -0.2) is 4.68 Å². The first-order valence-corrected chi connectivity index (χ1v) is 11.5. The number of fused-ring (bicyclic) bond motifs is 1. The molecule has 4 saturated carbocycles. The van der Waals surface area contributed by atoms with Gasteiger partial charge in [0.25, 0.3) is 5.91 Å². The fourth-order valence-electron chi connectivity index (χ4n) is 7.23. The molecule has 1 aliphatic heterocycles. The first kappa shape index (κ1) is 20.2. The average molecular weight is 448 g/mol. The molecule has 2 aromatic heterocycles. The van der Waals surface area contributed by atoms with Gasteiger partial charge in [0, 0.05) is 19.0 Å². The highest BCUT2D eigenvalue weighted by molar-refractivity contribution is 5.93. The summed E-state index contributed by atoms with van der Waals surface area (Å²) in [7, 11) is 0. The largest absolute Gasteiger partial charge is 0.467 e. The van der Waals surface area contributed by atoms with E-state index in [1.165, 1.54) is 31.6 Å². The Morgan fingerprint density at radius 3 is 2.47 bits per heavy atom. The van der Waals surface area contributed by atoms with Crippen LogP contribution in [0.5, 0.6) is 0 Å². The molecule has 3 heterocycles. The quantitative estimate of drug-likeness (QED) is 0.684. The highest BCUT2D eigenvalue weighted by Crippen LogP contribution is 2.59. The molecular formula is C23H27F3N4O2. The van der Waals surface area contributed by atoms with E-state index in [0.717, 1.165) is 41.7 Å². The molecule has 4 bridgehead atoms. The lowest BCUT2D eigenvalue weighted by molar-refractivity contribution is -0.174. The molecule has 6 nitrogen and oxygen atoms in total. The number of hydrogen-bond donors (Lipinski definition) is 2. The van der Waals surface area contributed by atoms with Gasteiger partial charge in [0.1, 0.15) is 11.6 Å². The van der Waals surface area contributed by atoms with Crippen LogP contribution in [0.15, 0.2) is 28.9 Å². The van der Waals surface area contributed by atoms with Crippen molar-refractivity contribution in [3.05, 3.63) is 35.9 Å². The predicted octanol–water partition coefficient (Wildman–Crippen LogP) is 5.08. The number of anilines is 1. The Hall–Kier alpha value is -2.45. The molecule has 2 N–H and O–H groups in total. The lowest BCUT2D eigenvalue weighted by atomic mass is 9.49. The molecule has 7 rings (SSSR count). The lowest BCUT2D eigenvalue weighted by Crippen LogP contribution is -2.51. The maximum Gasteiger partial charge on any atom is 0.410 e. The molecule has 0 unspecified atom stereocenters. The van der Waals surface area contributed by atoms with Gasteiger partial charge in [-0.3, -0.25) is 4.79 Å². The van der Waals surface area contributed by atoms with Crippen LogP contribution in [0.3, 0.4) is 0 Å². The van der Waals surface area contributed by atoms with E-state index in [4.69, 9.17) is 4.42 Å². The number of carbonyl (C=O) groups excluding carboxylic acids is 1. The number of halogens is 3. The molecule has 0 saturated heterocycles. The van der Waals surface area contributed by atoms with Gasteiger partial charge in [0.05, 0.1) is 12.3 Å². The van der Waals surface area contributed by atoms with Crippen molar-refractivity contribution in [1.29, 1.82) is 0 Å². The van der Waals surface area contributed by atoms with Crippen molar-refractivity contribution in [2.75, 3.05) is 11.9 Å². The molecule has 0 spiro atoms. The van der Waals surface area contributed by atoms with Crippen molar-refractivity contribution >= 4 is 11.7 Å². The third-order valence-electron chi connectivity index (χ3n) is 8.10. The van der Waals surface area contributed by atoms with E-state index in [1.807, 2.05) is 0 Å². The molecule has 2 aromatic rings. The first-order valence-electron chi connectivity index (χ1n) is 11.5. The lowest BCUT2D eigenvalue weighted by Gasteiger charge is -2.56. The highest BCUT2D eigenvalue weighted by atomic mass is 19.4. The van der Waals surface area contributed by atoms with Crippen molar-refractivity contribution in [2.45, 2.75) is 63.2 Å². The number of alkyl halides is 3. The summed E-state index contributed by atoms with van der Waals surface area (Å²) in [6.45, 7) is 0.586. The molecule has 0 aromatic carbocycles. The van der Waals surface area contributed by atoms with Crippen LogP contribution in [-0.2, 0) is 0 Å². The van der Waals surface area contributed by atoms with Crippen molar-refractivity contribution < 1.29 is 22.4 Å². The zero-order valence-corrected chi connectivity index (χ0v) is 17.7. The van der Waals surface area contributed by atoms with E-state index in [9.17, 15) is 18.0 Å². The van der Waals surface area contributed by atoms with Crippen LogP contribution in [0, 0.1) is 23.2 Å². The number of rotatable bonds is 4. The summed E-state index contributed by atoms with van der Waals surface area (Å²) < 4.78 is 47.6. The summed E-state index contributed by atoms with van der Waals surface area (Å²) in [5, 5.41) is 10.1. The first-order chi connectivity index (χ1) is 15.3. The van der Waals surface area contributed by atoms with Gasteiger partial charge in [0.15, 0.2) is 11.7 Å². The highest BCUT2D eigenvalue weighted by Gasteiger charge is 2.51. The predicted molar refractivity (Wildman–Crippen MR) is 110 cm³/mol. The minimum Gasteiger partial charge on any atom is -0.467 e. The summed E-state index contributed by atoms with van der Waals surface area (Å²) in [5.74, 6) is 2.52. The van der Waals surface area contributed by atoms with E-state index >= 15 is 0 Å². The van der Waals surface area contributed by atoms with E-state index < -0.39 is 24.2 Å². The molecule has 1 amide bonds. The fourth-order valence-corrected chi connectivity index (χ4v) is 7.23. The smallest absolute Gasteiger partial charge is 0.410 e. The number of nitrogens with one attached hydrogen (secondary N) is 2. The molecule has 4 fully saturated rings. The minimum absolute atomic E-state index is 0.0200. The van der Waals surface area contributed by atoms with Gasteiger partial charge < -0.3 is 15.1 Å². The number of aromatic nitrogens is 2. The van der Waals surface area contributed by atoms with Crippen LogP contribution in [0.4, 0.5) is 19.0 Å². The summed E-state index contributed by atoms with van der Waals surface area (Å²) in [6.07, 6.45) is 4.13. The second-order valence-electron chi connectivity index (χ2n) is 10.5. The van der Waals surface area contributed by atoms with E-state index in [2.05, 4.69) is 15.7 Å². The van der Waals surface area contributed by atoms with Crippen LogP contribution in [0.1, 0.15) is 73.3 Å². The van der Waals surface area contributed by atoms with Gasteiger partial charge in [0.2, 0.25) is 0 Å². The second-order valence-corrected chi connectivity index (χ2v) is 10.5. The number of carbonyl (C=O) groups is 1. The SMILES string of the molecule is O=C(NCC12CC3CC(CC(C3)C1)C2)c1cc2n(n1)[C@@H](C(F)(F)F)C[C@@H](c1ccco1)N2. The fraction of sp³-hybridized carbons (Fsp3) is 0.652. The normalized spacial score (nSPS) is 35.4. The van der Waals surface area contributed by atoms with Crippen molar-refractivity contribution in [1.82, 2.24) is 15.1 Å². The van der Waals surface area contributed by atoms with Crippen LogP contribution in [-0.4, -0.2) is 28.4 Å². The molecule has 4 aliphatic carbocycles. The Morgan fingerprint density at radius 1 is 1.19 bits per heavy atom. The molecular weight excluding hydrogens is 421 g/mol. The van der Waals surface area contributed by atoms with E-state index in [1.54, 1.807) is 12.1 Å². The molecule has 9 heteroatoms. The van der Waals surface area contributed by atoms with Crippen LogP contribution >= 0.6 is 0 Å². The van der Waals surface area contributed by atoms with Gasteiger partial charge in [-0.05, 0) is 73.8 Å². The Balaban J connectivity index is 1.20. The van der Waals surface area contributed by atoms with E-state index in [-0.39, 0.29) is 23.3 Å². The van der Waals surface area contributed by atoms with Crippen LogP contribution in [0.25, 0.3) is 0 Å². The standard InChI is InChI=1S/C23H27F3N4O2/c24-23(25,26)19-7-16(18-2-1-3-32-18)28-20-8-17(29-30(19)20)21(31)27-12-22-9-13-4-14(10-22)6-15(5-13)11-22/h1-3,8,13-16,19,28H,4-7,9-12H2,(H,27,31)/t13?,14?,15?,16-,19+,22?/m0/s1. The summed E-state index contributed by atoms with van der Waals surface area (Å²) in [4.78, 5) is 12.9. The molecule has 32 heavy (non-hydrogen) atoms. The average Bonchev–Trinajstić information content (AvgIpc) is 3.39. The van der Waals surface area contributed by atoms with Crippen molar-refractivity contribution in [3.8, 4) is 0 Å². The van der Waals surface area contributed by atoms with Crippen molar-refractivity contribution in [3.63, 3.8) is 0 Å². The summed E-state index contributed by atoms with van der Waals surface area (Å²) >= 11 is 0. The Morgan fingerprint density at radius 2 is 1.88 bits per heavy atom. The van der Waals surface area contributed by atoms with Crippen molar-refractivity contribution in [2.24, 2.45) is 23.2 Å². The van der Waals surface area contributed by atoms with Crippen LogP contribution < -0.4 is 10.6 Å². The zero-order chi connectivity index (χ0) is 22.1. The third-order valence-corrected chi connectivity index (χ3v) is 8.10. The maximum absolute atomic E-state index is 13.8. The number of furan rings is 1. The molecule has 0 radical (unpaired) electrons. The van der Waals surface area contributed by atoms with Gasteiger partial charge in [-0.1, -0.05) is 0 Å². The Kier molecular flexibility index (Phi) is 4.43. The van der Waals surface area contributed by atoms with Crippen LogP contribution in [0.2, 0.25) is 0 Å². The maximum atomic E-state index is 13.8. The van der Waals surface area contributed by atoms with Gasteiger partial charge in [-0.15, -0.1) is 0 Å². The monoisotopic (exact) mass is 448 g/mol. The Bertz CT molecular complexity index is 978. The zero-order valence-electron chi connectivity index (χ0n) is 17.7. The third kappa shape index (κ3) is 3.40. The second kappa shape index (κ2) is 7.02. The molecule has 172 valence electrons. The topological polar surface area (TPSA) is 72.1 Å². The Labute approximate surface area is 183 Å². The van der Waals surface area contributed by atoms with Gasteiger partial charge >= 0.3 is 6.18 Å². The minimum atomic E-state index is -4.49. The molecule has 2 atom stereocenters. The van der Waals surface area contributed by atoms with E-state index in [0.29, 0.717) is 12.3 Å². The van der Waals surface area contributed by atoms with Gasteiger partial charge in [-0.2, -0.15) is 18.3 Å². The number of amides is 1. The number of nitrogens with zero attached hydrogens (tertiary/aromatic N) is 2. The summed E-state index contributed by atoms with van der Waals surface area (Å²) in [5.41, 5.74) is 0.174.